The van der Waals surface area contributed by atoms with Crippen molar-refractivity contribution in [3.8, 4) is 6.07 Å². The number of carbonyl (C=O) groups excluding carboxylic acids is 2. The largest absolute Gasteiger partial charge is 0.371 e. The van der Waals surface area contributed by atoms with Crippen molar-refractivity contribution in [3.63, 3.8) is 0 Å². The van der Waals surface area contributed by atoms with E-state index in [9.17, 15) is 9.59 Å². The number of nitrogens with zero attached hydrogens (tertiary/aromatic N) is 2. The highest BCUT2D eigenvalue weighted by Crippen LogP contribution is 2.29. The maximum Gasteiger partial charge on any atom is 0.227 e. The lowest BCUT2D eigenvalue weighted by Crippen LogP contribution is -2.38. The van der Waals surface area contributed by atoms with Crippen molar-refractivity contribution >= 4 is 39.0 Å². The van der Waals surface area contributed by atoms with Crippen LogP contribution in [-0.4, -0.2) is 24.8 Å². The van der Waals surface area contributed by atoms with Gasteiger partial charge in [-0.25, -0.2) is 0 Å². The number of amides is 1. The van der Waals surface area contributed by atoms with Gasteiger partial charge in [-0.15, -0.1) is 0 Å². The summed E-state index contributed by atoms with van der Waals surface area (Å²) in [6.45, 7) is 2.87. The van der Waals surface area contributed by atoms with Crippen LogP contribution in [0.25, 0.3) is 0 Å². The van der Waals surface area contributed by atoms with Gasteiger partial charge in [-0.3, -0.25) is 9.59 Å². The van der Waals surface area contributed by atoms with Crippen molar-refractivity contribution < 1.29 is 9.59 Å². The smallest absolute Gasteiger partial charge is 0.227 e. The molecular weight excluding hydrogens is 406 g/mol. The van der Waals surface area contributed by atoms with Gasteiger partial charge in [0, 0.05) is 34.7 Å². The predicted octanol–water partition coefficient (Wildman–Crippen LogP) is 4.38. The molecule has 0 spiro atoms. The molecule has 0 aliphatic carbocycles. The Morgan fingerprint density at radius 2 is 1.89 bits per heavy atom. The highest BCUT2D eigenvalue weighted by Gasteiger charge is 2.27. The van der Waals surface area contributed by atoms with E-state index in [0.717, 1.165) is 15.8 Å². The number of nitrogens with one attached hydrogen (secondary N) is 1. The summed E-state index contributed by atoms with van der Waals surface area (Å²) in [5, 5.41) is 12.1. The molecule has 0 unspecified atom stereocenters. The van der Waals surface area contributed by atoms with E-state index in [2.05, 4.69) is 32.2 Å². The molecule has 0 bridgehead atoms. The van der Waals surface area contributed by atoms with E-state index >= 15 is 0 Å². The maximum absolute atomic E-state index is 12.6. The van der Waals surface area contributed by atoms with Crippen molar-refractivity contribution in [3.05, 3.63) is 58.1 Å². The minimum Gasteiger partial charge on any atom is -0.371 e. The number of benzene rings is 2. The zero-order chi connectivity index (χ0) is 19.4. The van der Waals surface area contributed by atoms with E-state index in [1.165, 1.54) is 6.92 Å². The first-order chi connectivity index (χ1) is 13.0. The van der Waals surface area contributed by atoms with Gasteiger partial charge in [-0.2, -0.15) is 5.26 Å². The van der Waals surface area contributed by atoms with Crippen molar-refractivity contribution in [1.82, 2.24) is 0 Å². The Kier molecular flexibility index (Phi) is 5.92. The van der Waals surface area contributed by atoms with Crippen molar-refractivity contribution in [2.24, 2.45) is 5.92 Å². The number of piperidine rings is 1. The number of ketones is 1. The molecule has 0 saturated carbocycles. The summed E-state index contributed by atoms with van der Waals surface area (Å²) in [7, 11) is 0. The number of para-hydroxylation sites is 1. The first kappa shape index (κ1) is 19.1. The normalized spacial score (nSPS) is 14.5. The fourth-order valence-corrected chi connectivity index (χ4v) is 3.72. The van der Waals surface area contributed by atoms with Crippen LogP contribution in [0.5, 0.6) is 0 Å². The van der Waals surface area contributed by atoms with Crippen LogP contribution in [0.1, 0.15) is 35.7 Å². The third kappa shape index (κ3) is 4.37. The van der Waals surface area contributed by atoms with E-state index in [0.29, 0.717) is 37.1 Å². The van der Waals surface area contributed by atoms with Gasteiger partial charge in [-0.1, -0.05) is 12.1 Å². The Hall–Kier alpha value is -2.65. The molecule has 1 N–H and O–H groups in total. The maximum atomic E-state index is 12.6. The zero-order valence-corrected chi connectivity index (χ0v) is 16.6. The molecule has 0 atom stereocenters. The molecule has 1 fully saturated rings. The van der Waals surface area contributed by atoms with Gasteiger partial charge < -0.3 is 10.2 Å². The number of halogens is 1. The molecular formula is C21H20BrN3O2. The average Bonchev–Trinajstić information content (AvgIpc) is 2.69. The SMILES string of the molecule is CC(=O)c1ccc(C#N)cc1N1CCC(C(=O)Nc2ccccc2Br)CC1. The molecule has 1 amide bonds. The van der Waals surface area contributed by atoms with Crippen molar-refractivity contribution in [2.75, 3.05) is 23.3 Å². The lowest BCUT2D eigenvalue weighted by Gasteiger charge is -2.34. The van der Waals surface area contributed by atoms with Crippen LogP contribution >= 0.6 is 15.9 Å². The summed E-state index contributed by atoms with van der Waals surface area (Å²) >= 11 is 3.44. The molecule has 0 aromatic heterocycles. The first-order valence-electron chi connectivity index (χ1n) is 8.85. The topological polar surface area (TPSA) is 73.2 Å². The van der Waals surface area contributed by atoms with Gasteiger partial charge in [-0.05, 0) is 66.0 Å². The van der Waals surface area contributed by atoms with Crippen LogP contribution in [0, 0.1) is 17.2 Å². The third-order valence-electron chi connectivity index (χ3n) is 4.84. The van der Waals surface area contributed by atoms with Gasteiger partial charge in [0.15, 0.2) is 5.78 Å². The predicted molar refractivity (Wildman–Crippen MR) is 109 cm³/mol. The monoisotopic (exact) mass is 425 g/mol. The lowest BCUT2D eigenvalue weighted by atomic mass is 9.94. The lowest BCUT2D eigenvalue weighted by molar-refractivity contribution is -0.120. The fraction of sp³-hybridized carbons (Fsp3) is 0.286. The zero-order valence-electron chi connectivity index (χ0n) is 15.0. The van der Waals surface area contributed by atoms with Gasteiger partial charge in [0.2, 0.25) is 5.91 Å². The second kappa shape index (κ2) is 8.36. The molecule has 2 aromatic carbocycles. The number of hydrogen-bond acceptors (Lipinski definition) is 4. The van der Waals surface area contributed by atoms with Crippen molar-refractivity contribution in [2.45, 2.75) is 19.8 Å². The molecule has 5 nitrogen and oxygen atoms in total. The minimum atomic E-state index is -0.0757. The van der Waals surface area contributed by atoms with Crippen LogP contribution < -0.4 is 10.2 Å². The van der Waals surface area contributed by atoms with Crippen LogP contribution in [-0.2, 0) is 4.79 Å². The molecule has 1 heterocycles. The third-order valence-corrected chi connectivity index (χ3v) is 5.54. The Balaban J connectivity index is 1.69. The minimum absolute atomic E-state index is 0.0131. The van der Waals surface area contributed by atoms with Crippen LogP contribution in [0.15, 0.2) is 46.9 Å². The highest BCUT2D eigenvalue weighted by atomic mass is 79.9. The molecule has 1 saturated heterocycles. The Bertz CT molecular complexity index is 912. The van der Waals surface area contributed by atoms with Crippen molar-refractivity contribution in [1.29, 1.82) is 5.26 Å². The average molecular weight is 426 g/mol. The molecule has 0 radical (unpaired) electrons. The molecule has 6 heteroatoms. The molecule has 3 rings (SSSR count). The van der Waals surface area contributed by atoms with Gasteiger partial charge >= 0.3 is 0 Å². The van der Waals surface area contributed by atoms with E-state index in [4.69, 9.17) is 5.26 Å². The Labute approximate surface area is 167 Å². The second-order valence-corrected chi connectivity index (χ2v) is 7.48. The summed E-state index contributed by atoms with van der Waals surface area (Å²) in [6.07, 6.45) is 1.40. The standard InChI is InChI=1S/C21H20BrN3O2/c1-14(26)17-7-6-15(13-23)12-20(17)25-10-8-16(9-11-25)21(27)24-19-5-3-2-4-18(19)22/h2-7,12,16H,8-11H2,1H3,(H,24,27). The van der Waals surface area contributed by atoms with E-state index in [1.54, 1.807) is 18.2 Å². The van der Waals surface area contributed by atoms with Crippen LogP contribution in [0.3, 0.4) is 0 Å². The van der Waals surface area contributed by atoms with E-state index < -0.39 is 0 Å². The summed E-state index contributed by atoms with van der Waals surface area (Å²) < 4.78 is 0.857. The van der Waals surface area contributed by atoms with Gasteiger partial charge in [0.25, 0.3) is 0 Å². The number of nitriles is 1. The number of anilines is 2. The quantitative estimate of drug-likeness (QED) is 0.737. The van der Waals surface area contributed by atoms with Crippen LogP contribution in [0.2, 0.25) is 0 Å². The summed E-state index contributed by atoms with van der Waals surface area (Å²) in [4.78, 5) is 26.6. The Morgan fingerprint density at radius 1 is 1.19 bits per heavy atom. The van der Waals surface area contributed by atoms with E-state index in [1.807, 2.05) is 24.3 Å². The van der Waals surface area contributed by atoms with Gasteiger partial charge in [0.05, 0.1) is 17.3 Å². The number of Topliss-reactive ketones (excluding diaryl/α,β-unsaturated/α-hetero) is 1. The summed E-state index contributed by atoms with van der Waals surface area (Å²) in [5.41, 5.74) is 2.70. The molecule has 2 aromatic rings. The fourth-order valence-electron chi connectivity index (χ4n) is 3.34. The van der Waals surface area contributed by atoms with E-state index in [-0.39, 0.29) is 17.6 Å². The molecule has 138 valence electrons. The summed E-state index contributed by atoms with van der Waals surface area (Å²) in [5.74, 6) is -0.0873. The molecule has 27 heavy (non-hydrogen) atoms. The summed E-state index contributed by atoms with van der Waals surface area (Å²) in [6, 6.07) is 14.8. The van der Waals surface area contributed by atoms with Crippen LogP contribution in [0.4, 0.5) is 11.4 Å². The Morgan fingerprint density at radius 3 is 2.52 bits per heavy atom. The molecule has 1 aliphatic heterocycles. The first-order valence-corrected chi connectivity index (χ1v) is 9.64. The second-order valence-electron chi connectivity index (χ2n) is 6.63. The number of carbonyl (C=O) groups is 2. The number of rotatable bonds is 4. The van der Waals surface area contributed by atoms with Gasteiger partial charge in [0.1, 0.15) is 0 Å². The molecule has 1 aliphatic rings. The highest BCUT2D eigenvalue weighted by molar-refractivity contribution is 9.10. The number of hydrogen-bond donors (Lipinski definition) is 1.